The third kappa shape index (κ3) is 6.72. The molecule has 2 aliphatic rings. The second-order valence-corrected chi connectivity index (χ2v) is 10.7. The predicted molar refractivity (Wildman–Crippen MR) is 141 cm³/mol. The van der Waals surface area contributed by atoms with Crippen molar-refractivity contribution in [1.29, 1.82) is 0 Å². The monoisotopic (exact) mass is 476 g/mol. The summed E-state index contributed by atoms with van der Waals surface area (Å²) >= 11 is 0. The lowest BCUT2D eigenvalue weighted by Gasteiger charge is -2.32. The minimum atomic E-state index is -0.831. The maximum absolute atomic E-state index is 13.5. The van der Waals surface area contributed by atoms with Crippen LogP contribution in [-0.4, -0.2) is 60.5 Å². The molecule has 35 heavy (non-hydrogen) atoms. The number of amides is 1. The molecule has 1 heterocycles. The zero-order chi connectivity index (χ0) is 24.8. The van der Waals surface area contributed by atoms with E-state index in [1.165, 1.54) is 31.2 Å². The number of benzene rings is 2. The molecule has 1 saturated heterocycles. The van der Waals surface area contributed by atoms with Crippen LogP contribution in [0.2, 0.25) is 0 Å². The van der Waals surface area contributed by atoms with Gasteiger partial charge in [0.05, 0.1) is 12.8 Å². The Hall–Kier alpha value is -2.66. The van der Waals surface area contributed by atoms with Gasteiger partial charge in [0.15, 0.2) is 0 Å². The normalized spacial score (nSPS) is 19.4. The molecule has 1 amide bonds. The molecule has 1 unspecified atom stereocenters. The number of hydrogen-bond acceptors (Lipinski definition) is 3. The van der Waals surface area contributed by atoms with E-state index in [1.54, 1.807) is 0 Å². The Labute approximate surface area is 210 Å². The van der Waals surface area contributed by atoms with E-state index in [0.717, 1.165) is 61.2 Å². The molecule has 1 N–H and O–H groups in total. The molecule has 0 spiro atoms. The third-order valence-electron chi connectivity index (χ3n) is 7.79. The first kappa shape index (κ1) is 25.4. The molecule has 0 bridgehead atoms. The number of carbonyl (C=O) groups excluding carboxylic acids is 1. The Bertz CT molecular complexity index is 1010. The van der Waals surface area contributed by atoms with Crippen LogP contribution in [0.25, 0.3) is 11.1 Å². The summed E-state index contributed by atoms with van der Waals surface area (Å²) in [5, 5.41) is 9.54. The summed E-state index contributed by atoms with van der Waals surface area (Å²) in [5.41, 5.74) is 5.26. The molecule has 1 aliphatic heterocycles. The lowest BCUT2D eigenvalue weighted by Crippen LogP contribution is -2.40. The lowest BCUT2D eigenvalue weighted by atomic mass is 9.78. The average molecular weight is 477 g/mol. The van der Waals surface area contributed by atoms with E-state index >= 15 is 0 Å². The van der Waals surface area contributed by atoms with Crippen molar-refractivity contribution in [3.63, 3.8) is 0 Å². The molecule has 5 nitrogen and oxygen atoms in total. The van der Waals surface area contributed by atoms with Gasteiger partial charge in [-0.15, -0.1) is 0 Å². The number of carboxylic acid groups (broad SMARTS) is 1. The molecule has 5 heteroatoms. The molecule has 0 aromatic heterocycles. The molecule has 1 atom stereocenters. The van der Waals surface area contributed by atoms with Crippen molar-refractivity contribution >= 4 is 11.9 Å². The summed E-state index contributed by atoms with van der Waals surface area (Å²) in [7, 11) is 4.07. The van der Waals surface area contributed by atoms with E-state index in [1.807, 2.05) is 36.2 Å². The van der Waals surface area contributed by atoms with Crippen LogP contribution < -0.4 is 0 Å². The van der Waals surface area contributed by atoms with Gasteiger partial charge in [0.2, 0.25) is 5.91 Å². The van der Waals surface area contributed by atoms with Crippen LogP contribution in [-0.2, 0) is 22.4 Å². The third-order valence-corrected chi connectivity index (χ3v) is 7.79. The van der Waals surface area contributed by atoms with Gasteiger partial charge in [-0.1, -0.05) is 61.7 Å². The second kappa shape index (κ2) is 11.9. The molecule has 1 aliphatic carbocycles. The highest BCUT2D eigenvalue weighted by Crippen LogP contribution is 2.41. The number of likely N-dealkylation sites (tertiary alicyclic amines) is 1. The second-order valence-electron chi connectivity index (χ2n) is 10.7. The smallest absolute Gasteiger partial charge is 0.307 e. The maximum Gasteiger partial charge on any atom is 0.307 e. The Morgan fingerprint density at radius 3 is 2.43 bits per heavy atom. The molecule has 2 aromatic carbocycles. The van der Waals surface area contributed by atoms with Crippen LogP contribution in [0.1, 0.15) is 67.6 Å². The average Bonchev–Trinajstić information content (AvgIpc) is 2.84. The van der Waals surface area contributed by atoms with Crippen LogP contribution in [0.5, 0.6) is 0 Å². The van der Waals surface area contributed by atoms with E-state index in [4.69, 9.17) is 0 Å². The molecule has 1 saturated carbocycles. The van der Waals surface area contributed by atoms with Crippen LogP contribution in [0, 0.1) is 5.92 Å². The van der Waals surface area contributed by atoms with Gasteiger partial charge in [-0.2, -0.15) is 0 Å². The fourth-order valence-electron chi connectivity index (χ4n) is 6.11. The number of rotatable bonds is 8. The van der Waals surface area contributed by atoms with Crippen molar-refractivity contribution in [2.45, 2.75) is 63.7 Å². The molecule has 188 valence electrons. The number of piperidine rings is 1. The van der Waals surface area contributed by atoms with Gasteiger partial charge in [0, 0.05) is 20.1 Å². The molecule has 2 aromatic rings. The zero-order valence-electron chi connectivity index (χ0n) is 21.3. The SMILES string of the molecule is CN1CCCC(CN(C)C(=O)Cc2cc(CC(=O)O)cc(C3CCCCC3)c2-c2ccccc2)C1. The van der Waals surface area contributed by atoms with Gasteiger partial charge in [0.25, 0.3) is 0 Å². The number of hydrogen-bond donors (Lipinski definition) is 1. The highest BCUT2D eigenvalue weighted by molar-refractivity contribution is 5.84. The Morgan fingerprint density at radius 2 is 1.74 bits per heavy atom. The highest BCUT2D eigenvalue weighted by atomic mass is 16.4. The quantitative estimate of drug-likeness (QED) is 0.556. The molecular formula is C30H40N2O3. The van der Waals surface area contributed by atoms with Crippen molar-refractivity contribution < 1.29 is 14.7 Å². The largest absolute Gasteiger partial charge is 0.481 e. The summed E-state index contributed by atoms with van der Waals surface area (Å²) in [6.45, 7) is 2.94. The van der Waals surface area contributed by atoms with Gasteiger partial charge in [-0.25, -0.2) is 0 Å². The number of carbonyl (C=O) groups is 2. The van der Waals surface area contributed by atoms with Crippen LogP contribution in [0.4, 0.5) is 0 Å². The topological polar surface area (TPSA) is 60.9 Å². The summed E-state index contributed by atoms with van der Waals surface area (Å²) < 4.78 is 0. The highest BCUT2D eigenvalue weighted by Gasteiger charge is 2.25. The van der Waals surface area contributed by atoms with E-state index < -0.39 is 5.97 Å². The molecular weight excluding hydrogens is 436 g/mol. The fraction of sp³-hybridized carbons (Fsp3) is 0.533. The Kier molecular flexibility index (Phi) is 8.61. The van der Waals surface area contributed by atoms with E-state index in [-0.39, 0.29) is 12.3 Å². The minimum absolute atomic E-state index is 0.0137. The number of aliphatic carboxylic acids is 1. The predicted octanol–water partition coefficient (Wildman–Crippen LogP) is 5.37. The van der Waals surface area contributed by atoms with Crippen LogP contribution in [0.3, 0.4) is 0 Å². The van der Waals surface area contributed by atoms with E-state index in [2.05, 4.69) is 30.1 Å². The molecule has 2 fully saturated rings. The number of nitrogens with zero attached hydrogens (tertiary/aromatic N) is 2. The summed E-state index contributed by atoms with van der Waals surface area (Å²) in [6, 6.07) is 14.4. The summed E-state index contributed by atoms with van der Waals surface area (Å²) in [6.07, 6.45) is 8.55. The van der Waals surface area contributed by atoms with Gasteiger partial charge in [0.1, 0.15) is 0 Å². The van der Waals surface area contributed by atoms with Crippen molar-refractivity contribution in [1.82, 2.24) is 9.80 Å². The molecule has 0 radical (unpaired) electrons. The van der Waals surface area contributed by atoms with Gasteiger partial charge in [-0.05, 0) is 78.9 Å². The van der Waals surface area contributed by atoms with E-state index in [0.29, 0.717) is 18.3 Å². The first-order valence-electron chi connectivity index (χ1n) is 13.3. The van der Waals surface area contributed by atoms with Crippen molar-refractivity contribution in [2.75, 3.05) is 33.7 Å². The standard InChI is InChI=1S/C30H40N2O3/c1-31-15-9-10-22(20-31)21-32(2)28(33)19-26-16-23(18-29(34)35)17-27(24-11-5-3-6-12-24)30(26)25-13-7-4-8-14-25/h4,7-8,13-14,16-17,22,24H,3,5-6,9-12,15,18-21H2,1-2H3,(H,34,35). The zero-order valence-corrected chi connectivity index (χ0v) is 21.3. The summed E-state index contributed by atoms with van der Waals surface area (Å²) in [5.74, 6) is 0.199. The van der Waals surface area contributed by atoms with Crippen molar-refractivity contribution in [3.05, 3.63) is 59.2 Å². The Balaban J connectivity index is 1.67. The van der Waals surface area contributed by atoms with Crippen LogP contribution >= 0.6 is 0 Å². The fourth-order valence-corrected chi connectivity index (χ4v) is 6.11. The van der Waals surface area contributed by atoms with E-state index in [9.17, 15) is 14.7 Å². The van der Waals surface area contributed by atoms with Crippen molar-refractivity contribution in [2.24, 2.45) is 5.92 Å². The molecule has 4 rings (SSSR count). The first-order valence-corrected chi connectivity index (χ1v) is 13.3. The Morgan fingerprint density at radius 1 is 1.00 bits per heavy atom. The van der Waals surface area contributed by atoms with Gasteiger partial charge >= 0.3 is 5.97 Å². The number of likely N-dealkylation sites (N-methyl/N-ethyl adjacent to an activating group) is 1. The first-order chi connectivity index (χ1) is 16.9. The van der Waals surface area contributed by atoms with Gasteiger partial charge < -0.3 is 14.9 Å². The summed E-state index contributed by atoms with van der Waals surface area (Å²) in [4.78, 5) is 29.3. The van der Waals surface area contributed by atoms with Crippen LogP contribution in [0.15, 0.2) is 42.5 Å². The lowest BCUT2D eigenvalue weighted by molar-refractivity contribution is -0.136. The minimum Gasteiger partial charge on any atom is -0.481 e. The maximum atomic E-state index is 13.5. The van der Waals surface area contributed by atoms with Gasteiger partial charge in [-0.3, -0.25) is 9.59 Å². The number of carboxylic acids is 1. The van der Waals surface area contributed by atoms with Crippen molar-refractivity contribution in [3.8, 4) is 11.1 Å².